The number of ether oxygens (including phenoxy) is 3. The quantitative estimate of drug-likeness (QED) is 0.712. The summed E-state index contributed by atoms with van der Waals surface area (Å²) in [5, 5.41) is 2.05. The third-order valence-electron chi connectivity index (χ3n) is 3.47. The minimum absolute atomic E-state index is 0.580. The second-order valence-electron chi connectivity index (χ2n) is 4.87. The maximum absolute atomic E-state index is 5.43. The van der Waals surface area contributed by atoms with Crippen LogP contribution in [0, 0.1) is 0 Å². The van der Waals surface area contributed by atoms with Crippen LogP contribution in [0.15, 0.2) is 35.7 Å². The Bertz CT molecular complexity index is 707. The van der Waals surface area contributed by atoms with Gasteiger partial charge < -0.3 is 14.2 Å². The molecule has 0 fully saturated rings. The molecule has 0 aliphatic carbocycles. The third-order valence-corrected chi connectivity index (χ3v) is 4.10. The molecular formula is C18H21NO3S. The first-order chi connectivity index (χ1) is 11.2. The van der Waals surface area contributed by atoms with Crippen LogP contribution in [0.1, 0.15) is 19.4 Å². The van der Waals surface area contributed by atoms with Gasteiger partial charge in [-0.15, -0.1) is 0 Å². The predicted molar refractivity (Wildman–Crippen MR) is 95.7 cm³/mol. The maximum atomic E-state index is 5.43. The van der Waals surface area contributed by atoms with Crippen molar-refractivity contribution in [1.82, 2.24) is 4.37 Å². The number of rotatable bonds is 6. The molecule has 0 saturated carbocycles. The van der Waals surface area contributed by atoms with Crippen molar-refractivity contribution in [3.05, 3.63) is 41.3 Å². The van der Waals surface area contributed by atoms with Crippen LogP contribution in [0.2, 0.25) is 0 Å². The largest absolute Gasteiger partial charge is 0.493 e. The zero-order valence-electron chi connectivity index (χ0n) is 14.0. The number of hydrogen-bond acceptors (Lipinski definition) is 5. The number of hydrogen-bond donors (Lipinski definition) is 0. The number of allylic oxidation sites excluding steroid dienone is 4. The first-order valence-electron chi connectivity index (χ1n) is 7.21. The molecule has 5 heteroatoms. The molecule has 0 amide bonds. The van der Waals surface area contributed by atoms with E-state index in [1.807, 2.05) is 36.6 Å². The van der Waals surface area contributed by atoms with Gasteiger partial charge >= 0.3 is 0 Å². The highest BCUT2D eigenvalue weighted by molar-refractivity contribution is 7.04. The van der Waals surface area contributed by atoms with E-state index in [0.29, 0.717) is 17.2 Å². The summed E-state index contributed by atoms with van der Waals surface area (Å²) >= 11 is 1.43. The molecule has 23 heavy (non-hydrogen) atoms. The van der Waals surface area contributed by atoms with Crippen molar-refractivity contribution in [2.75, 3.05) is 21.3 Å². The highest BCUT2D eigenvalue weighted by Crippen LogP contribution is 2.42. The fourth-order valence-corrected chi connectivity index (χ4v) is 3.04. The molecule has 0 N–H and O–H groups in total. The number of aromatic nitrogens is 1. The van der Waals surface area contributed by atoms with E-state index < -0.39 is 0 Å². The molecule has 4 nitrogen and oxygen atoms in total. The van der Waals surface area contributed by atoms with Gasteiger partial charge in [0.1, 0.15) is 0 Å². The van der Waals surface area contributed by atoms with Crippen LogP contribution in [0.25, 0.3) is 16.8 Å². The van der Waals surface area contributed by atoms with Gasteiger partial charge in [-0.25, -0.2) is 0 Å². The van der Waals surface area contributed by atoms with Crippen LogP contribution >= 0.6 is 11.5 Å². The highest BCUT2D eigenvalue weighted by atomic mass is 32.1. The van der Waals surface area contributed by atoms with Crippen LogP contribution < -0.4 is 14.2 Å². The number of benzene rings is 1. The molecule has 122 valence electrons. The summed E-state index contributed by atoms with van der Waals surface area (Å²) in [4.78, 5) is 0. The number of nitrogens with zero attached hydrogens (tertiary/aromatic N) is 1. The molecular weight excluding hydrogens is 310 g/mol. The van der Waals surface area contributed by atoms with Gasteiger partial charge in [0.2, 0.25) is 5.75 Å². The van der Waals surface area contributed by atoms with Gasteiger partial charge in [-0.3, -0.25) is 0 Å². The van der Waals surface area contributed by atoms with Gasteiger partial charge in [0.05, 0.1) is 27.0 Å². The zero-order valence-corrected chi connectivity index (χ0v) is 14.9. The Morgan fingerprint density at radius 1 is 1.09 bits per heavy atom. The average molecular weight is 331 g/mol. The van der Waals surface area contributed by atoms with E-state index in [4.69, 9.17) is 14.2 Å². The Kier molecular flexibility index (Phi) is 5.82. The molecule has 1 heterocycles. The molecule has 0 saturated heterocycles. The summed E-state index contributed by atoms with van der Waals surface area (Å²) < 4.78 is 20.8. The summed E-state index contributed by atoms with van der Waals surface area (Å²) in [5.74, 6) is 1.82. The van der Waals surface area contributed by atoms with Crippen molar-refractivity contribution in [1.29, 1.82) is 0 Å². The molecule has 0 aliphatic rings. The van der Waals surface area contributed by atoms with Gasteiger partial charge in [-0.2, -0.15) is 4.37 Å². The summed E-state index contributed by atoms with van der Waals surface area (Å²) in [6, 6.07) is 3.84. The van der Waals surface area contributed by atoms with Gasteiger partial charge in [0.25, 0.3) is 0 Å². The molecule has 0 aliphatic heterocycles. The molecule has 0 unspecified atom stereocenters. The molecule has 1 aromatic heterocycles. The molecule has 2 aromatic rings. The number of methoxy groups -OCH3 is 3. The van der Waals surface area contributed by atoms with Crippen molar-refractivity contribution in [3.8, 4) is 28.5 Å². The van der Waals surface area contributed by atoms with Crippen molar-refractivity contribution >= 4 is 17.1 Å². The lowest BCUT2D eigenvalue weighted by Crippen LogP contribution is -1.96. The van der Waals surface area contributed by atoms with Crippen molar-refractivity contribution in [2.45, 2.75) is 13.8 Å². The van der Waals surface area contributed by atoms with Gasteiger partial charge in [-0.05, 0) is 43.1 Å². The first-order valence-corrected chi connectivity index (χ1v) is 8.04. The second kappa shape index (κ2) is 7.83. The normalized spacial score (nSPS) is 11.8. The van der Waals surface area contributed by atoms with E-state index in [1.54, 1.807) is 21.3 Å². The Morgan fingerprint density at radius 3 is 2.26 bits per heavy atom. The summed E-state index contributed by atoms with van der Waals surface area (Å²) in [6.07, 6.45) is 6.10. The van der Waals surface area contributed by atoms with E-state index in [9.17, 15) is 0 Å². The SMILES string of the molecule is C/C=C\C=C(/C)c1csnc1-c1cc(OC)c(OC)c(OC)c1. The van der Waals surface area contributed by atoms with Crippen LogP contribution in [-0.4, -0.2) is 25.7 Å². The van der Waals surface area contributed by atoms with Gasteiger partial charge in [-0.1, -0.05) is 18.2 Å². The summed E-state index contributed by atoms with van der Waals surface area (Å²) in [5.41, 5.74) is 4.10. The molecule has 0 atom stereocenters. The Hall–Kier alpha value is -2.27. The average Bonchev–Trinajstić information content (AvgIpc) is 3.07. The summed E-state index contributed by atoms with van der Waals surface area (Å²) in [6.45, 7) is 4.07. The van der Waals surface area contributed by atoms with Crippen LogP contribution in [0.5, 0.6) is 17.2 Å². The van der Waals surface area contributed by atoms with Crippen molar-refractivity contribution < 1.29 is 14.2 Å². The molecule has 1 aromatic carbocycles. The maximum Gasteiger partial charge on any atom is 0.203 e. The van der Waals surface area contributed by atoms with Crippen molar-refractivity contribution in [2.24, 2.45) is 0 Å². The Labute approximate surface area is 141 Å². The van der Waals surface area contributed by atoms with Crippen LogP contribution in [0.3, 0.4) is 0 Å². The van der Waals surface area contributed by atoms with Crippen LogP contribution in [0.4, 0.5) is 0 Å². The fraction of sp³-hybridized carbons (Fsp3) is 0.278. The lowest BCUT2D eigenvalue weighted by molar-refractivity contribution is 0.324. The van der Waals surface area contributed by atoms with Crippen LogP contribution in [-0.2, 0) is 0 Å². The van der Waals surface area contributed by atoms with Gasteiger partial charge in [0.15, 0.2) is 11.5 Å². The molecule has 0 spiro atoms. The minimum atomic E-state index is 0.580. The second-order valence-corrected chi connectivity index (χ2v) is 5.50. The first kappa shape index (κ1) is 17.1. The lowest BCUT2D eigenvalue weighted by Gasteiger charge is -2.14. The standard InChI is InChI=1S/C18H21NO3S/c1-6-7-8-12(2)14-11-23-19-17(14)13-9-15(20-3)18(22-5)16(10-13)21-4/h6-11H,1-5H3/b7-6-,12-8+. The van der Waals surface area contributed by atoms with E-state index >= 15 is 0 Å². The van der Waals surface area contributed by atoms with E-state index in [0.717, 1.165) is 22.4 Å². The lowest BCUT2D eigenvalue weighted by atomic mass is 10.0. The van der Waals surface area contributed by atoms with Crippen molar-refractivity contribution in [3.63, 3.8) is 0 Å². The highest BCUT2D eigenvalue weighted by Gasteiger charge is 2.17. The van der Waals surface area contributed by atoms with Gasteiger partial charge in [0, 0.05) is 16.5 Å². The molecule has 0 bridgehead atoms. The third kappa shape index (κ3) is 3.56. The predicted octanol–water partition coefficient (Wildman–Crippen LogP) is 4.82. The van der Waals surface area contributed by atoms with E-state index in [-0.39, 0.29) is 0 Å². The monoisotopic (exact) mass is 331 g/mol. The minimum Gasteiger partial charge on any atom is -0.493 e. The van der Waals surface area contributed by atoms with E-state index in [2.05, 4.69) is 17.4 Å². The smallest absolute Gasteiger partial charge is 0.203 e. The fourth-order valence-electron chi connectivity index (χ4n) is 2.27. The summed E-state index contributed by atoms with van der Waals surface area (Å²) in [7, 11) is 4.82. The Balaban J connectivity index is 2.58. The zero-order chi connectivity index (χ0) is 16.8. The Morgan fingerprint density at radius 2 is 1.74 bits per heavy atom. The van der Waals surface area contributed by atoms with E-state index in [1.165, 1.54) is 11.5 Å². The topological polar surface area (TPSA) is 40.6 Å². The molecule has 0 radical (unpaired) electrons. The molecule has 2 rings (SSSR count).